The van der Waals surface area contributed by atoms with Gasteiger partial charge in [-0.2, -0.15) is 0 Å². The van der Waals surface area contributed by atoms with Crippen molar-refractivity contribution >= 4 is 16.9 Å². The first-order chi connectivity index (χ1) is 13.1. The summed E-state index contributed by atoms with van der Waals surface area (Å²) >= 11 is 0.764. The quantitative estimate of drug-likeness (QED) is 0.606. The first-order valence-electron chi connectivity index (χ1n) is 8.42. The molecule has 3 aromatic rings. The lowest BCUT2D eigenvalue weighted by Gasteiger charge is -2.15. The van der Waals surface area contributed by atoms with E-state index >= 15 is 0 Å². The van der Waals surface area contributed by atoms with Gasteiger partial charge in [-0.05, 0) is 52.7 Å². The van der Waals surface area contributed by atoms with Gasteiger partial charge in [-0.3, -0.25) is 4.79 Å². The smallest absolute Gasteiger partial charge is 0.230 e. The minimum Gasteiger partial charge on any atom is -0.497 e. The molecule has 0 aliphatic rings. The van der Waals surface area contributed by atoms with Crippen LogP contribution >= 0.6 is 11.8 Å². The Hall–Kier alpha value is -2.63. The van der Waals surface area contributed by atoms with Crippen LogP contribution in [-0.4, -0.2) is 23.5 Å². The van der Waals surface area contributed by atoms with Gasteiger partial charge in [0.2, 0.25) is 5.12 Å². The second-order valence-electron chi connectivity index (χ2n) is 5.93. The van der Waals surface area contributed by atoms with Crippen molar-refractivity contribution in [1.29, 1.82) is 0 Å². The summed E-state index contributed by atoms with van der Waals surface area (Å²) in [5, 5.41) is 9.52. The number of aliphatic hydroxyl groups excluding tert-OH is 1. The van der Waals surface area contributed by atoms with Gasteiger partial charge in [0.15, 0.2) is 6.17 Å². The normalized spacial score (nSPS) is 13.0. The van der Waals surface area contributed by atoms with Crippen LogP contribution < -0.4 is 4.74 Å². The molecule has 0 bridgehead atoms. The third kappa shape index (κ3) is 4.76. The molecule has 0 saturated heterocycles. The molecular formula is C22H19FO3S. The number of ether oxygens (including phenoxy) is 1. The standard InChI is InChI=1S/C22H19FO3S/c1-26-18-11-13-19(14-12-18)27-22(25)20(23)21(24)17-9-7-16(8-10-17)15-5-3-2-4-6-15/h2-14,20-21,24H,1H3/t20-,21-/m1/s1. The number of thioether (sulfide) groups is 1. The largest absolute Gasteiger partial charge is 0.497 e. The summed E-state index contributed by atoms with van der Waals surface area (Å²) in [5.74, 6) is 0.655. The van der Waals surface area contributed by atoms with Crippen molar-refractivity contribution in [3.63, 3.8) is 0 Å². The molecule has 138 valence electrons. The van der Waals surface area contributed by atoms with Crippen LogP contribution in [0.2, 0.25) is 0 Å². The van der Waals surface area contributed by atoms with Crippen LogP contribution in [0.25, 0.3) is 11.1 Å². The fourth-order valence-electron chi connectivity index (χ4n) is 2.62. The lowest BCUT2D eigenvalue weighted by Crippen LogP contribution is -2.21. The van der Waals surface area contributed by atoms with E-state index in [0.717, 1.165) is 22.9 Å². The second-order valence-corrected chi connectivity index (χ2v) is 7.01. The van der Waals surface area contributed by atoms with Crippen molar-refractivity contribution in [2.24, 2.45) is 0 Å². The van der Waals surface area contributed by atoms with Gasteiger partial charge in [0.05, 0.1) is 7.11 Å². The van der Waals surface area contributed by atoms with Crippen LogP contribution in [0.1, 0.15) is 11.7 Å². The lowest BCUT2D eigenvalue weighted by atomic mass is 10.0. The Kier molecular flexibility index (Phi) is 6.27. The first kappa shape index (κ1) is 19.1. The average Bonchev–Trinajstić information content (AvgIpc) is 2.74. The molecule has 0 heterocycles. The SMILES string of the molecule is COc1ccc(SC(=O)[C@H](F)[C@H](O)c2ccc(-c3ccccc3)cc2)cc1. The summed E-state index contributed by atoms with van der Waals surface area (Å²) < 4.78 is 19.5. The number of alkyl halides is 1. The summed E-state index contributed by atoms with van der Waals surface area (Å²) in [6.07, 6.45) is -3.52. The van der Waals surface area contributed by atoms with Crippen LogP contribution in [0.3, 0.4) is 0 Å². The van der Waals surface area contributed by atoms with Crippen molar-refractivity contribution in [3.05, 3.63) is 84.4 Å². The highest BCUT2D eigenvalue weighted by molar-refractivity contribution is 8.13. The van der Waals surface area contributed by atoms with Crippen LogP contribution in [0, 0.1) is 0 Å². The molecule has 3 aromatic carbocycles. The number of methoxy groups -OCH3 is 1. The van der Waals surface area contributed by atoms with Gasteiger partial charge in [0, 0.05) is 4.90 Å². The predicted octanol–water partition coefficient (Wildman–Crippen LogP) is 5.05. The summed E-state index contributed by atoms with van der Waals surface area (Å²) in [5.41, 5.74) is 2.35. The molecule has 3 rings (SSSR count). The molecule has 27 heavy (non-hydrogen) atoms. The highest BCUT2D eigenvalue weighted by Gasteiger charge is 2.28. The molecule has 0 saturated carbocycles. The Morgan fingerprint density at radius 3 is 2.11 bits per heavy atom. The van der Waals surface area contributed by atoms with Crippen LogP contribution in [-0.2, 0) is 4.79 Å². The summed E-state index contributed by atoms with van der Waals surface area (Å²) in [6, 6.07) is 23.4. The molecule has 0 unspecified atom stereocenters. The fourth-order valence-corrected chi connectivity index (χ4v) is 3.36. The topological polar surface area (TPSA) is 46.5 Å². The highest BCUT2D eigenvalue weighted by atomic mass is 32.2. The lowest BCUT2D eigenvalue weighted by molar-refractivity contribution is -0.119. The van der Waals surface area contributed by atoms with Crippen molar-refractivity contribution in [3.8, 4) is 16.9 Å². The van der Waals surface area contributed by atoms with E-state index in [1.807, 2.05) is 42.5 Å². The zero-order chi connectivity index (χ0) is 19.2. The number of rotatable bonds is 6. The van der Waals surface area contributed by atoms with E-state index in [0.29, 0.717) is 16.2 Å². The number of carbonyl (C=O) groups excluding carboxylic acids is 1. The second kappa shape index (κ2) is 8.84. The summed E-state index contributed by atoms with van der Waals surface area (Å²) in [4.78, 5) is 12.8. The third-order valence-corrected chi connectivity index (χ3v) is 5.07. The van der Waals surface area contributed by atoms with Crippen LogP contribution in [0.4, 0.5) is 4.39 Å². The molecule has 0 aliphatic carbocycles. The number of hydrogen-bond donors (Lipinski definition) is 1. The van der Waals surface area contributed by atoms with Crippen LogP contribution in [0.5, 0.6) is 5.75 Å². The Morgan fingerprint density at radius 1 is 0.926 bits per heavy atom. The summed E-state index contributed by atoms with van der Waals surface area (Å²) in [6.45, 7) is 0. The van der Waals surface area contributed by atoms with Crippen molar-refractivity contribution in [2.45, 2.75) is 17.2 Å². The summed E-state index contributed by atoms with van der Waals surface area (Å²) in [7, 11) is 1.55. The molecule has 5 heteroatoms. The fraction of sp³-hybridized carbons (Fsp3) is 0.136. The molecule has 0 aromatic heterocycles. The number of halogens is 1. The van der Waals surface area contributed by atoms with E-state index < -0.39 is 17.4 Å². The van der Waals surface area contributed by atoms with Crippen molar-refractivity contribution in [2.75, 3.05) is 7.11 Å². The van der Waals surface area contributed by atoms with E-state index in [2.05, 4.69) is 0 Å². The zero-order valence-electron chi connectivity index (χ0n) is 14.7. The molecule has 0 amide bonds. The molecule has 0 aliphatic heterocycles. The minimum absolute atomic E-state index is 0.367. The Labute approximate surface area is 161 Å². The molecule has 2 atom stereocenters. The van der Waals surface area contributed by atoms with Gasteiger partial charge in [-0.1, -0.05) is 54.6 Å². The molecule has 0 fully saturated rings. The molecule has 0 spiro atoms. The molecule has 0 radical (unpaired) electrons. The zero-order valence-corrected chi connectivity index (χ0v) is 15.5. The first-order valence-corrected chi connectivity index (χ1v) is 9.23. The molecule has 3 nitrogen and oxygen atoms in total. The third-order valence-electron chi connectivity index (χ3n) is 4.14. The maximum atomic E-state index is 14.5. The number of benzene rings is 3. The van der Waals surface area contributed by atoms with Gasteiger partial charge in [0.25, 0.3) is 0 Å². The van der Waals surface area contributed by atoms with Gasteiger partial charge < -0.3 is 9.84 Å². The molecule has 1 N–H and O–H groups in total. The van der Waals surface area contributed by atoms with Gasteiger partial charge in [-0.15, -0.1) is 0 Å². The van der Waals surface area contributed by atoms with Crippen LogP contribution in [0.15, 0.2) is 83.8 Å². The maximum Gasteiger partial charge on any atom is 0.230 e. The highest BCUT2D eigenvalue weighted by Crippen LogP contribution is 2.30. The number of hydrogen-bond acceptors (Lipinski definition) is 4. The Morgan fingerprint density at radius 2 is 1.52 bits per heavy atom. The van der Waals surface area contributed by atoms with E-state index in [4.69, 9.17) is 4.74 Å². The van der Waals surface area contributed by atoms with Crippen molar-refractivity contribution in [1.82, 2.24) is 0 Å². The van der Waals surface area contributed by atoms with Crippen molar-refractivity contribution < 1.29 is 19.0 Å². The number of aliphatic hydroxyl groups is 1. The van der Waals surface area contributed by atoms with Gasteiger partial charge in [0.1, 0.15) is 11.9 Å². The Balaban J connectivity index is 1.66. The number of carbonyl (C=O) groups is 1. The monoisotopic (exact) mass is 382 g/mol. The maximum absolute atomic E-state index is 14.5. The van der Waals surface area contributed by atoms with E-state index in [1.165, 1.54) is 0 Å². The minimum atomic E-state index is -2.01. The van der Waals surface area contributed by atoms with E-state index in [1.54, 1.807) is 43.5 Å². The Bertz CT molecular complexity index is 880. The average molecular weight is 382 g/mol. The van der Waals surface area contributed by atoms with E-state index in [9.17, 15) is 14.3 Å². The van der Waals surface area contributed by atoms with Gasteiger partial charge >= 0.3 is 0 Å². The van der Waals surface area contributed by atoms with Gasteiger partial charge in [-0.25, -0.2) is 4.39 Å². The van der Waals surface area contributed by atoms with E-state index in [-0.39, 0.29) is 0 Å². The predicted molar refractivity (Wildman–Crippen MR) is 106 cm³/mol. The molecular weight excluding hydrogens is 363 g/mol.